The molecule has 144 valence electrons. The van der Waals surface area contributed by atoms with Crippen LogP contribution in [-0.2, 0) is 14.3 Å². The van der Waals surface area contributed by atoms with E-state index in [0.717, 1.165) is 18.2 Å². The van der Waals surface area contributed by atoms with Crippen LogP contribution in [0.15, 0.2) is 27.2 Å². The zero-order valence-corrected chi connectivity index (χ0v) is 17.3. The number of hydrogen-bond acceptors (Lipinski definition) is 7. The number of rotatable bonds is 7. The highest BCUT2D eigenvalue weighted by atomic mass is 79.9. The molecule has 0 aromatic heterocycles. The molecular formula is C18H19BrN2O5S. The predicted octanol–water partition coefficient (Wildman–Crippen LogP) is 3.19. The van der Waals surface area contributed by atoms with Crippen LogP contribution in [0.25, 0.3) is 0 Å². The maximum Gasteiger partial charge on any atom is 0.316 e. The second-order valence-corrected chi connectivity index (χ2v) is 7.56. The third-order valence-corrected chi connectivity index (χ3v) is 5.43. The lowest BCUT2D eigenvalue weighted by Gasteiger charge is -2.25. The van der Waals surface area contributed by atoms with E-state index in [-0.39, 0.29) is 29.6 Å². The lowest BCUT2D eigenvalue weighted by atomic mass is 9.87. The number of nitriles is 1. The number of benzene rings is 1. The fourth-order valence-electron chi connectivity index (χ4n) is 2.56. The number of nitrogens with one attached hydrogen (secondary N) is 1. The molecule has 1 heterocycles. The number of amides is 1. The summed E-state index contributed by atoms with van der Waals surface area (Å²) in [5, 5.41) is 22.6. The first-order valence-corrected chi connectivity index (χ1v) is 9.98. The van der Waals surface area contributed by atoms with E-state index in [1.165, 1.54) is 7.11 Å². The van der Waals surface area contributed by atoms with Crippen molar-refractivity contribution in [2.75, 3.05) is 19.5 Å². The van der Waals surface area contributed by atoms with Gasteiger partial charge in [0.1, 0.15) is 0 Å². The van der Waals surface area contributed by atoms with Gasteiger partial charge in [-0.15, -0.1) is 0 Å². The fourth-order valence-corrected chi connectivity index (χ4v) is 3.89. The Labute approximate surface area is 169 Å². The molecule has 7 nitrogen and oxygen atoms in total. The Balaban J connectivity index is 2.33. The number of esters is 1. The van der Waals surface area contributed by atoms with E-state index in [9.17, 15) is 20.0 Å². The Morgan fingerprint density at radius 2 is 2.26 bits per heavy atom. The molecule has 0 unspecified atom stereocenters. The third-order valence-electron chi connectivity index (χ3n) is 3.83. The lowest BCUT2D eigenvalue weighted by molar-refractivity contribution is -0.140. The van der Waals surface area contributed by atoms with Gasteiger partial charge >= 0.3 is 5.97 Å². The van der Waals surface area contributed by atoms with Crippen molar-refractivity contribution in [2.24, 2.45) is 0 Å². The highest BCUT2D eigenvalue weighted by molar-refractivity contribution is 9.10. The van der Waals surface area contributed by atoms with E-state index in [4.69, 9.17) is 9.47 Å². The Hall–Kier alpha value is -2.18. The van der Waals surface area contributed by atoms with Gasteiger partial charge in [0, 0.05) is 12.3 Å². The maximum absolute atomic E-state index is 12.2. The molecule has 0 saturated carbocycles. The minimum atomic E-state index is -0.510. The first-order chi connectivity index (χ1) is 12.9. The number of methoxy groups -OCH3 is 1. The molecule has 0 fully saturated rings. The summed E-state index contributed by atoms with van der Waals surface area (Å²) in [6, 6.07) is 5.38. The van der Waals surface area contributed by atoms with Crippen LogP contribution < -0.4 is 10.1 Å². The SMILES string of the molecule is CCCOC(=O)CSC1=C(C#N)[C@H](c2cc(Br)c(O)c(OC)c2)CC(=O)N1. The average Bonchev–Trinajstić information content (AvgIpc) is 2.66. The van der Waals surface area contributed by atoms with Gasteiger partial charge in [-0.3, -0.25) is 9.59 Å². The number of allylic oxidation sites excluding steroid dienone is 1. The van der Waals surface area contributed by atoms with Crippen LogP contribution in [-0.4, -0.2) is 36.5 Å². The summed E-state index contributed by atoms with van der Waals surface area (Å²) in [5.41, 5.74) is 0.997. The largest absolute Gasteiger partial charge is 0.503 e. The zero-order valence-electron chi connectivity index (χ0n) is 14.9. The second-order valence-electron chi connectivity index (χ2n) is 5.72. The van der Waals surface area contributed by atoms with E-state index < -0.39 is 11.9 Å². The molecule has 0 spiro atoms. The molecule has 0 aliphatic carbocycles. The normalized spacial score (nSPS) is 16.5. The van der Waals surface area contributed by atoms with Gasteiger partial charge in [-0.05, 0) is 40.0 Å². The summed E-state index contributed by atoms with van der Waals surface area (Å²) in [5.74, 6) is -1.000. The van der Waals surface area contributed by atoms with Crippen LogP contribution in [0.1, 0.15) is 31.2 Å². The number of hydrogen-bond donors (Lipinski definition) is 2. The van der Waals surface area contributed by atoms with E-state index >= 15 is 0 Å². The minimum absolute atomic E-state index is 0.00386. The number of aromatic hydroxyl groups is 1. The summed E-state index contributed by atoms with van der Waals surface area (Å²) in [6.45, 7) is 2.23. The molecule has 9 heteroatoms. The molecular weight excluding hydrogens is 436 g/mol. The van der Waals surface area contributed by atoms with Gasteiger partial charge in [-0.25, -0.2) is 0 Å². The Kier molecular flexibility index (Phi) is 7.56. The number of thioether (sulfide) groups is 1. The molecule has 1 atom stereocenters. The first kappa shape index (κ1) is 21.1. The molecule has 1 aromatic carbocycles. The topological polar surface area (TPSA) is 109 Å². The van der Waals surface area contributed by atoms with Gasteiger partial charge in [0.25, 0.3) is 0 Å². The standard InChI is InChI=1S/C18H19BrN2O5S/c1-3-4-26-16(23)9-27-18-12(8-20)11(7-15(22)21-18)10-5-13(19)17(24)14(6-10)25-2/h5-6,11,24H,3-4,7,9H2,1-2H3,(H,21,22)/t11-/m0/s1. The number of phenols is 1. The van der Waals surface area contributed by atoms with Crippen molar-refractivity contribution < 1.29 is 24.2 Å². The van der Waals surface area contributed by atoms with Crippen molar-refractivity contribution in [3.05, 3.63) is 32.8 Å². The number of phenolic OH excluding ortho intramolecular Hbond substituents is 1. The molecule has 1 aromatic rings. The molecule has 0 saturated heterocycles. The molecule has 2 rings (SSSR count). The minimum Gasteiger partial charge on any atom is -0.503 e. The molecule has 27 heavy (non-hydrogen) atoms. The van der Waals surface area contributed by atoms with Crippen molar-refractivity contribution in [1.29, 1.82) is 5.26 Å². The van der Waals surface area contributed by atoms with Crippen molar-refractivity contribution in [2.45, 2.75) is 25.7 Å². The van der Waals surface area contributed by atoms with Crippen molar-refractivity contribution in [1.82, 2.24) is 5.32 Å². The predicted molar refractivity (Wildman–Crippen MR) is 104 cm³/mol. The molecule has 2 N–H and O–H groups in total. The highest BCUT2D eigenvalue weighted by Gasteiger charge is 2.31. The Bertz CT molecular complexity index is 819. The summed E-state index contributed by atoms with van der Waals surface area (Å²) in [6.07, 6.45) is 0.798. The number of halogens is 1. The average molecular weight is 455 g/mol. The number of carbonyl (C=O) groups is 2. The van der Waals surface area contributed by atoms with Crippen LogP contribution in [0.4, 0.5) is 0 Å². The van der Waals surface area contributed by atoms with Gasteiger partial charge < -0.3 is 19.9 Å². The van der Waals surface area contributed by atoms with Crippen LogP contribution >= 0.6 is 27.7 Å². The van der Waals surface area contributed by atoms with Crippen molar-refractivity contribution in [3.8, 4) is 17.6 Å². The number of ether oxygens (including phenoxy) is 2. The summed E-state index contributed by atoms with van der Waals surface area (Å²) in [4.78, 5) is 23.9. The van der Waals surface area contributed by atoms with Crippen LogP contribution in [0, 0.1) is 11.3 Å². The van der Waals surface area contributed by atoms with Crippen molar-refractivity contribution in [3.63, 3.8) is 0 Å². The monoisotopic (exact) mass is 454 g/mol. The number of carbonyl (C=O) groups excluding carboxylic acids is 2. The van der Waals surface area contributed by atoms with Gasteiger partial charge in [0.2, 0.25) is 5.91 Å². The van der Waals surface area contributed by atoms with E-state index in [1.807, 2.05) is 6.92 Å². The van der Waals surface area contributed by atoms with E-state index in [2.05, 4.69) is 27.3 Å². The maximum atomic E-state index is 12.2. The summed E-state index contributed by atoms with van der Waals surface area (Å²) >= 11 is 4.32. The second kappa shape index (κ2) is 9.67. The fraction of sp³-hybridized carbons (Fsp3) is 0.389. The van der Waals surface area contributed by atoms with E-state index in [0.29, 0.717) is 27.2 Å². The molecule has 1 amide bonds. The van der Waals surface area contributed by atoms with Crippen LogP contribution in [0.3, 0.4) is 0 Å². The Morgan fingerprint density at radius 3 is 2.89 bits per heavy atom. The van der Waals surface area contributed by atoms with E-state index in [1.54, 1.807) is 12.1 Å². The van der Waals surface area contributed by atoms with Gasteiger partial charge in [-0.2, -0.15) is 5.26 Å². The molecule has 1 aliphatic heterocycles. The third kappa shape index (κ3) is 5.17. The van der Waals surface area contributed by atoms with Crippen LogP contribution in [0.5, 0.6) is 11.5 Å². The smallest absolute Gasteiger partial charge is 0.316 e. The lowest BCUT2D eigenvalue weighted by Crippen LogP contribution is -2.31. The van der Waals surface area contributed by atoms with Crippen molar-refractivity contribution >= 4 is 39.6 Å². The summed E-state index contributed by atoms with van der Waals surface area (Å²) in [7, 11) is 1.42. The van der Waals surface area contributed by atoms with Gasteiger partial charge in [0.15, 0.2) is 11.5 Å². The quantitative estimate of drug-likeness (QED) is 0.608. The highest BCUT2D eigenvalue weighted by Crippen LogP contribution is 2.42. The van der Waals surface area contributed by atoms with Crippen LogP contribution in [0.2, 0.25) is 0 Å². The number of nitrogens with zero attached hydrogens (tertiary/aromatic N) is 1. The molecule has 0 bridgehead atoms. The molecule has 1 aliphatic rings. The zero-order chi connectivity index (χ0) is 20.0. The first-order valence-electron chi connectivity index (χ1n) is 8.20. The van der Waals surface area contributed by atoms with Gasteiger partial charge in [0.05, 0.1) is 40.6 Å². The van der Waals surface area contributed by atoms with Gasteiger partial charge in [-0.1, -0.05) is 18.7 Å². The Morgan fingerprint density at radius 1 is 1.52 bits per heavy atom. The summed E-state index contributed by atoms with van der Waals surface area (Å²) < 4.78 is 10.6. The molecule has 0 radical (unpaired) electrons.